The van der Waals surface area contributed by atoms with Crippen molar-refractivity contribution in [2.24, 2.45) is 0 Å². The maximum atomic E-state index is 14.2. The minimum absolute atomic E-state index is 0.128. The number of hydrogen-bond donors (Lipinski definition) is 5. The molecule has 0 aliphatic carbocycles. The Hall–Kier alpha value is -3.44. The molecule has 5 N–H and O–H groups in total. The lowest BCUT2D eigenvalue weighted by Gasteiger charge is -2.42. The summed E-state index contributed by atoms with van der Waals surface area (Å²) < 4.78 is 7.78. The maximum Gasteiger partial charge on any atom is 0.256 e. The number of unbranched alkanes of at least 4 members (excludes halogenated alkanes) is 1. The van der Waals surface area contributed by atoms with Crippen LogP contribution in [0.25, 0.3) is 0 Å². The fourth-order valence-electron chi connectivity index (χ4n) is 5.06. The van der Waals surface area contributed by atoms with E-state index < -0.39 is 55.0 Å². The first-order chi connectivity index (χ1) is 21.2. The molecule has 1 aliphatic rings. The van der Waals surface area contributed by atoms with E-state index in [0.29, 0.717) is 21.2 Å². The van der Waals surface area contributed by atoms with E-state index in [9.17, 15) is 29.7 Å². The number of benzene rings is 2. The van der Waals surface area contributed by atoms with E-state index >= 15 is 0 Å². The lowest BCUT2D eigenvalue weighted by Crippen LogP contribution is -2.62. The molecule has 6 unspecified atom stereocenters. The van der Waals surface area contributed by atoms with Gasteiger partial charge in [-0.25, -0.2) is 4.68 Å². The number of nitrogens with zero attached hydrogens (tertiary/aromatic N) is 4. The topological polar surface area (TPSA) is 179 Å². The van der Waals surface area contributed by atoms with Gasteiger partial charge in [0.2, 0.25) is 11.8 Å². The van der Waals surface area contributed by atoms with Crippen LogP contribution in [0.4, 0.5) is 0 Å². The normalized spacial score (nSPS) is 22.2. The van der Waals surface area contributed by atoms with Crippen molar-refractivity contribution in [3.8, 4) is 0 Å². The molecule has 6 atom stereocenters. The molecule has 14 heteroatoms. The van der Waals surface area contributed by atoms with Gasteiger partial charge in [-0.1, -0.05) is 61.0 Å². The molecule has 236 valence electrons. The Morgan fingerprint density at radius 2 is 1.80 bits per heavy atom. The van der Waals surface area contributed by atoms with Crippen LogP contribution in [0.2, 0.25) is 0 Å². The lowest BCUT2D eigenvalue weighted by molar-refractivity contribution is -0.219. The van der Waals surface area contributed by atoms with Gasteiger partial charge in [0.25, 0.3) is 5.91 Å². The maximum absolute atomic E-state index is 14.2. The molecule has 3 aromatic rings. The van der Waals surface area contributed by atoms with Crippen LogP contribution in [0, 0.1) is 3.57 Å². The van der Waals surface area contributed by atoms with Crippen LogP contribution in [0.3, 0.4) is 0 Å². The van der Waals surface area contributed by atoms with Gasteiger partial charge in [-0.3, -0.25) is 14.4 Å². The Bertz CT molecular complexity index is 1420. The smallest absolute Gasteiger partial charge is 0.256 e. The first-order valence-corrected chi connectivity index (χ1v) is 15.4. The number of carbonyl (C=O) groups excluding carboxylic acids is 3. The molecule has 4 rings (SSSR count). The second-order valence-electron chi connectivity index (χ2n) is 10.5. The van der Waals surface area contributed by atoms with Crippen molar-refractivity contribution < 1.29 is 34.4 Å². The summed E-state index contributed by atoms with van der Waals surface area (Å²) in [5.41, 5.74) is 1.31. The van der Waals surface area contributed by atoms with Gasteiger partial charge in [-0.05, 0) is 46.7 Å². The minimum atomic E-state index is -1.48. The molecule has 0 radical (unpaired) electrons. The highest BCUT2D eigenvalue weighted by Gasteiger charge is 2.46. The second-order valence-corrected chi connectivity index (χ2v) is 11.7. The van der Waals surface area contributed by atoms with Gasteiger partial charge >= 0.3 is 0 Å². The summed E-state index contributed by atoms with van der Waals surface area (Å²) in [6.45, 7) is 3.00. The van der Waals surface area contributed by atoms with Gasteiger partial charge < -0.3 is 35.6 Å². The van der Waals surface area contributed by atoms with Crippen LogP contribution < -0.4 is 10.6 Å². The van der Waals surface area contributed by atoms with E-state index in [1.54, 1.807) is 42.5 Å². The lowest BCUT2D eigenvalue weighted by atomic mass is 9.96. The van der Waals surface area contributed by atoms with E-state index in [-0.39, 0.29) is 18.1 Å². The summed E-state index contributed by atoms with van der Waals surface area (Å²) in [5.74, 6) is -1.22. The highest BCUT2D eigenvalue weighted by Crippen LogP contribution is 2.30. The molecule has 2 aromatic carbocycles. The van der Waals surface area contributed by atoms with E-state index in [1.807, 2.05) is 19.1 Å². The summed E-state index contributed by atoms with van der Waals surface area (Å²) >= 11 is 2.08. The molecule has 2 heterocycles. The van der Waals surface area contributed by atoms with Gasteiger partial charge in [0.05, 0.1) is 24.9 Å². The van der Waals surface area contributed by atoms with Crippen molar-refractivity contribution in [2.75, 3.05) is 13.2 Å². The predicted molar refractivity (Wildman–Crippen MR) is 167 cm³/mol. The highest BCUT2D eigenvalue weighted by molar-refractivity contribution is 14.1. The number of nitrogens with one attached hydrogen (secondary N) is 2. The van der Waals surface area contributed by atoms with Crippen molar-refractivity contribution in [3.63, 3.8) is 0 Å². The minimum Gasteiger partial charge on any atom is -0.394 e. The van der Waals surface area contributed by atoms with E-state index in [1.165, 1.54) is 22.7 Å². The Labute approximate surface area is 268 Å². The van der Waals surface area contributed by atoms with Crippen molar-refractivity contribution in [1.29, 1.82) is 0 Å². The van der Waals surface area contributed by atoms with Crippen LogP contribution >= 0.6 is 22.6 Å². The molecule has 1 aromatic heterocycles. The third-order valence-corrected chi connectivity index (χ3v) is 8.23. The van der Waals surface area contributed by atoms with Crippen molar-refractivity contribution >= 4 is 40.3 Å². The second kappa shape index (κ2) is 15.5. The average Bonchev–Trinajstić information content (AvgIpc) is 3.48. The molecule has 3 amide bonds. The Balaban J connectivity index is 1.73. The molecule has 13 nitrogen and oxygen atoms in total. The van der Waals surface area contributed by atoms with E-state index in [2.05, 4.69) is 43.5 Å². The standard InChI is InChI=1S/C30H37IN6O7/c1-3-4-14-32-28(42)25(19-10-6-5-7-11-19)36(29(43)21-12-8-9-13-22(21)31)15-20-16-37(35-34-20)30-24(33-18(2)39)27(41)26(40)23(17-38)44-30/h5-13,16,23-27,30,38,40-41H,3-4,14-15,17H2,1-2H3,(H,32,42)(H,33,39). The quantitative estimate of drug-likeness (QED) is 0.136. The number of halogens is 1. The number of aliphatic hydroxyl groups excluding tert-OH is 3. The fourth-order valence-corrected chi connectivity index (χ4v) is 5.68. The molecule has 44 heavy (non-hydrogen) atoms. The number of rotatable bonds is 12. The zero-order valence-corrected chi connectivity index (χ0v) is 26.6. The Kier molecular flexibility index (Phi) is 11.8. The van der Waals surface area contributed by atoms with Crippen molar-refractivity contribution in [3.05, 3.63) is 81.2 Å². The number of hydrogen-bond acceptors (Lipinski definition) is 9. The van der Waals surface area contributed by atoms with E-state index in [0.717, 1.165) is 12.8 Å². The summed E-state index contributed by atoms with van der Waals surface area (Å²) in [5, 5.41) is 44.7. The van der Waals surface area contributed by atoms with Crippen LogP contribution in [0.15, 0.2) is 60.8 Å². The van der Waals surface area contributed by atoms with E-state index in [4.69, 9.17) is 4.74 Å². The largest absolute Gasteiger partial charge is 0.394 e. The number of amides is 3. The van der Waals surface area contributed by atoms with Gasteiger partial charge in [-0.2, -0.15) is 0 Å². The predicted octanol–water partition coefficient (Wildman–Crippen LogP) is 1.30. The van der Waals surface area contributed by atoms with Crippen molar-refractivity contribution in [2.45, 2.75) is 69.9 Å². The Morgan fingerprint density at radius 3 is 2.45 bits per heavy atom. The highest BCUT2D eigenvalue weighted by atomic mass is 127. The third kappa shape index (κ3) is 7.79. The molecule has 1 aliphatic heterocycles. The van der Waals surface area contributed by atoms with Gasteiger partial charge in [-0.15, -0.1) is 5.10 Å². The zero-order valence-electron chi connectivity index (χ0n) is 24.4. The molecule has 0 saturated carbocycles. The summed E-state index contributed by atoms with van der Waals surface area (Å²) in [6.07, 6.45) is -2.09. The first-order valence-electron chi connectivity index (χ1n) is 14.3. The zero-order chi connectivity index (χ0) is 31.8. The number of aliphatic hydroxyl groups is 3. The fraction of sp³-hybridized carbons (Fsp3) is 0.433. The number of aromatic nitrogens is 3. The van der Waals surface area contributed by atoms with Crippen LogP contribution in [-0.4, -0.2) is 90.4 Å². The van der Waals surface area contributed by atoms with Crippen LogP contribution in [0.1, 0.15) is 60.6 Å². The summed E-state index contributed by atoms with van der Waals surface area (Å²) in [7, 11) is 0. The molecular weight excluding hydrogens is 683 g/mol. The first kappa shape index (κ1) is 33.5. The molecule has 0 spiro atoms. The molecule has 1 saturated heterocycles. The summed E-state index contributed by atoms with van der Waals surface area (Å²) in [4.78, 5) is 41.3. The monoisotopic (exact) mass is 720 g/mol. The van der Waals surface area contributed by atoms with Crippen LogP contribution in [-0.2, 0) is 20.9 Å². The van der Waals surface area contributed by atoms with Crippen molar-refractivity contribution in [1.82, 2.24) is 30.5 Å². The van der Waals surface area contributed by atoms with Crippen LogP contribution in [0.5, 0.6) is 0 Å². The third-order valence-electron chi connectivity index (χ3n) is 7.29. The number of ether oxygens (including phenoxy) is 1. The molecular formula is C30H37IN6O7. The molecule has 0 bridgehead atoms. The SMILES string of the molecule is CCCCNC(=O)C(c1ccccc1)N(Cc1cn(C2OC(CO)C(O)C(O)C2NC(C)=O)nn1)C(=O)c1ccccc1I. The average molecular weight is 721 g/mol. The Morgan fingerprint density at radius 1 is 1.09 bits per heavy atom. The van der Waals surface area contributed by atoms with Gasteiger partial charge in [0.15, 0.2) is 6.23 Å². The van der Waals surface area contributed by atoms with Gasteiger partial charge in [0, 0.05) is 17.0 Å². The summed E-state index contributed by atoms with van der Waals surface area (Å²) in [6, 6.07) is 13.9. The molecule has 1 fully saturated rings. The number of carbonyl (C=O) groups is 3. The van der Waals surface area contributed by atoms with Gasteiger partial charge in [0.1, 0.15) is 36.1 Å².